The number of hydrogen-bond donors (Lipinski definition) is 0. The molecule has 1 aromatic heterocycles. The van der Waals surface area contributed by atoms with Gasteiger partial charge in [-0.05, 0) is 62.1 Å². The smallest absolute Gasteiger partial charge is 0.242 e. The van der Waals surface area contributed by atoms with Gasteiger partial charge in [0.25, 0.3) is 0 Å². The van der Waals surface area contributed by atoms with Gasteiger partial charge in [0.2, 0.25) is 10.0 Å². The van der Waals surface area contributed by atoms with Crippen molar-refractivity contribution >= 4 is 32.8 Å². The first-order valence-corrected chi connectivity index (χ1v) is 14.7. The van der Waals surface area contributed by atoms with E-state index >= 15 is 0 Å². The summed E-state index contributed by atoms with van der Waals surface area (Å²) < 4.78 is 35.5. The fraction of sp³-hybridized carbons (Fsp3) is 0.500. The highest BCUT2D eigenvalue weighted by Gasteiger charge is 2.25. The van der Waals surface area contributed by atoms with Crippen molar-refractivity contribution in [2.24, 2.45) is 0 Å². The van der Waals surface area contributed by atoms with Crippen LogP contribution in [0.3, 0.4) is 0 Å². The molecule has 34 heavy (non-hydrogen) atoms. The summed E-state index contributed by atoms with van der Waals surface area (Å²) in [5.74, 6) is 1.68. The number of aromatic nitrogens is 2. The molecule has 1 saturated carbocycles. The second-order valence-electron chi connectivity index (χ2n) is 8.90. The Hall–Kier alpha value is -2.03. The van der Waals surface area contributed by atoms with Crippen LogP contribution in [-0.4, -0.2) is 42.5 Å². The van der Waals surface area contributed by atoms with Gasteiger partial charge in [0.05, 0.1) is 22.5 Å². The molecule has 184 valence electrons. The lowest BCUT2D eigenvalue weighted by atomic mass is 10.2. The van der Waals surface area contributed by atoms with Crippen LogP contribution in [-0.2, 0) is 15.8 Å². The highest BCUT2D eigenvalue weighted by Crippen LogP contribution is 2.38. The number of unbranched alkanes of at least 4 members (excludes halogenated alkanes) is 1. The van der Waals surface area contributed by atoms with Gasteiger partial charge < -0.3 is 9.30 Å². The van der Waals surface area contributed by atoms with Crippen molar-refractivity contribution in [3.8, 4) is 5.75 Å². The molecule has 1 heterocycles. The quantitative estimate of drug-likeness (QED) is 0.290. The van der Waals surface area contributed by atoms with Crippen LogP contribution in [0, 0.1) is 0 Å². The van der Waals surface area contributed by atoms with E-state index in [0.29, 0.717) is 24.1 Å². The number of thioether (sulfide) groups is 1. The molecule has 2 aromatic carbocycles. The lowest BCUT2D eigenvalue weighted by Gasteiger charge is -2.18. The number of ether oxygens (including phenoxy) is 1. The Bertz CT molecular complexity index is 1200. The number of imidazole rings is 1. The standard InChI is InChI=1S/C26H35N3O3S2/c1-4-6-17-28(3)34(30,31)23-15-16-25-24(18-23)27-26(29(25)21-9-7-8-10-21)33-19-20-11-13-22(14-12-20)32-5-2/h11-16,18,21H,4-10,17,19H2,1-3H3. The van der Waals surface area contributed by atoms with Gasteiger partial charge in [-0.25, -0.2) is 17.7 Å². The van der Waals surface area contributed by atoms with E-state index in [0.717, 1.165) is 53.4 Å². The Labute approximate surface area is 207 Å². The van der Waals surface area contributed by atoms with E-state index in [1.165, 1.54) is 22.7 Å². The van der Waals surface area contributed by atoms with Gasteiger partial charge >= 0.3 is 0 Å². The van der Waals surface area contributed by atoms with Gasteiger partial charge in [0, 0.05) is 25.4 Å². The number of rotatable bonds is 11. The number of hydrogen-bond acceptors (Lipinski definition) is 5. The van der Waals surface area contributed by atoms with Gasteiger partial charge in [0.15, 0.2) is 5.16 Å². The molecule has 3 aromatic rings. The third-order valence-electron chi connectivity index (χ3n) is 6.46. The maximum atomic E-state index is 13.1. The third kappa shape index (κ3) is 5.44. The Balaban J connectivity index is 1.63. The van der Waals surface area contributed by atoms with E-state index in [9.17, 15) is 8.42 Å². The van der Waals surface area contributed by atoms with Crippen LogP contribution in [0.15, 0.2) is 52.5 Å². The van der Waals surface area contributed by atoms with Crippen LogP contribution in [0.25, 0.3) is 11.0 Å². The van der Waals surface area contributed by atoms with E-state index in [2.05, 4.69) is 23.6 Å². The zero-order valence-corrected chi connectivity index (χ0v) is 22.0. The minimum Gasteiger partial charge on any atom is -0.494 e. The Morgan fingerprint density at radius 2 is 1.85 bits per heavy atom. The monoisotopic (exact) mass is 501 g/mol. The van der Waals surface area contributed by atoms with E-state index in [1.54, 1.807) is 30.9 Å². The van der Waals surface area contributed by atoms with Crippen LogP contribution >= 0.6 is 11.8 Å². The predicted molar refractivity (Wildman–Crippen MR) is 139 cm³/mol. The topological polar surface area (TPSA) is 64.4 Å². The second-order valence-corrected chi connectivity index (χ2v) is 11.9. The van der Waals surface area contributed by atoms with Gasteiger partial charge in [-0.15, -0.1) is 0 Å². The fourth-order valence-corrected chi connectivity index (χ4v) is 6.78. The molecule has 1 fully saturated rings. The summed E-state index contributed by atoms with van der Waals surface area (Å²) in [5, 5.41) is 0.963. The van der Waals surface area contributed by atoms with Crippen molar-refractivity contribution in [3.63, 3.8) is 0 Å². The molecule has 0 radical (unpaired) electrons. The lowest BCUT2D eigenvalue weighted by Crippen LogP contribution is -2.27. The summed E-state index contributed by atoms with van der Waals surface area (Å²) in [6.45, 7) is 5.23. The average Bonchev–Trinajstić information content (AvgIpc) is 3.49. The zero-order valence-electron chi connectivity index (χ0n) is 20.4. The first-order valence-electron chi connectivity index (χ1n) is 12.3. The lowest BCUT2D eigenvalue weighted by molar-refractivity contribution is 0.340. The van der Waals surface area contributed by atoms with Crippen LogP contribution in [0.4, 0.5) is 0 Å². The van der Waals surface area contributed by atoms with Crippen LogP contribution in [0.2, 0.25) is 0 Å². The molecule has 0 aliphatic heterocycles. The van der Waals surface area contributed by atoms with Crippen molar-refractivity contribution in [1.29, 1.82) is 0 Å². The molecule has 0 saturated heterocycles. The van der Waals surface area contributed by atoms with Crippen LogP contribution < -0.4 is 4.74 Å². The van der Waals surface area contributed by atoms with Crippen molar-refractivity contribution in [2.45, 2.75) is 74.2 Å². The van der Waals surface area contributed by atoms with Crippen molar-refractivity contribution in [3.05, 3.63) is 48.0 Å². The largest absolute Gasteiger partial charge is 0.494 e. The summed E-state index contributed by atoms with van der Waals surface area (Å²) in [6, 6.07) is 14.1. The summed E-state index contributed by atoms with van der Waals surface area (Å²) in [6.07, 6.45) is 6.54. The van der Waals surface area contributed by atoms with E-state index < -0.39 is 10.0 Å². The predicted octanol–water partition coefficient (Wildman–Crippen LogP) is 6.26. The maximum absolute atomic E-state index is 13.1. The molecule has 4 rings (SSSR count). The van der Waals surface area contributed by atoms with Crippen molar-refractivity contribution < 1.29 is 13.2 Å². The molecule has 0 unspecified atom stereocenters. The van der Waals surface area contributed by atoms with Gasteiger partial charge in [0.1, 0.15) is 5.75 Å². The van der Waals surface area contributed by atoms with E-state index in [1.807, 2.05) is 25.1 Å². The molecule has 0 bridgehead atoms. The zero-order chi connectivity index (χ0) is 24.1. The second kappa shape index (κ2) is 11.1. The van der Waals surface area contributed by atoms with Gasteiger partial charge in [-0.3, -0.25) is 0 Å². The molecule has 0 atom stereocenters. The molecular formula is C26H35N3O3S2. The van der Waals surface area contributed by atoms with E-state index in [-0.39, 0.29) is 0 Å². The molecule has 6 nitrogen and oxygen atoms in total. The summed E-state index contributed by atoms with van der Waals surface area (Å²) >= 11 is 1.71. The van der Waals surface area contributed by atoms with Crippen molar-refractivity contribution in [1.82, 2.24) is 13.9 Å². The highest BCUT2D eigenvalue weighted by atomic mass is 32.2. The van der Waals surface area contributed by atoms with Gasteiger partial charge in [-0.2, -0.15) is 0 Å². The molecule has 1 aliphatic rings. The minimum absolute atomic E-state index is 0.317. The fourth-order valence-electron chi connectivity index (χ4n) is 4.51. The van der Waals surface area contributed by atoms with Gasteiger partial charge in [-0.1, -0.05) is 50.1 Å². The molecule has 0 amide bonds. The van der Waals surface area contributed by atoms with E-state index in [4.69, 9.17) is 9.72 Å². The summed E-state index contributed by atoms with van der Waals surface area (Å²) in [7, 11) is -1.87. The molecule has 0 N–H and O–H groups in total. The molecule has 0 spiro atoms. The molecular weight excluding hydrogens is 466 g/mol. The minimum atomic E-state index is -3.52. The summed E-state index contributed by atoms with van der Waals surface area (Å²) in [5.41, 5.74) is 2.99. The molecule has 1 aliphatic carbocycles. The van der Waals surface area contributed by atoms with Crippen LogP contribution in [0.1, 0.15) is 64.0 Å². The number of nitrogens with zero attached hydrogens (tertiary/aromatic N) is 3. The SMILES string of the molecule is CCCCN(C)S(=O)(=O)c1ccc2c(c1)nc(SCc1ccc(OCC)cc1)n2C1CCCC1. The molecule has 8 heteroatoms. The Morgan fingerprint density at radius 3 is 2.53 bits per heavy atom. The number of sulfonamides is 1. The first kappa shape index (κ1) is 25.1. The maximum Gasteiger partial charge on any atom is 0.242 e. The third-order valence-corrected chi connectivity index (χ3v) is 9.33. The Kier molecular flexibility index (Phi) is 8.22. The number of benzene rings is 2. The highest BCUT2D eigenvalue weighted by molar-refractivity contribution is 7.98. The first-order chi connectivity index (χ1) is 16.4. The normalized spacial score (nSPS) is 14.9. The number of fused-ring (bicyclic) bond motifs is 1. The van der Waals surface area contributed by atoms with Crippen LogP contribution in [0.5, 0.6) is 5.75 Å². The Morgan fingerprint density at radius 1 is 1.12 bits per heavy atom. The van der Waals surface area contributed by atoms with Crippen molar-refractivity contribution in [2.75, 3.05) is 20.2 Å². The average molecular weight is 502 g/mol. The summed E-state index contributed by atoms with van der Waals surface area (Å²) in [4.78, 5) is 5.25.